The highest BCUT2D eigenvalue weighted by molar-refractivity contribution is 5.96. The third-order valence-electron chi connectivity index (χ3n) is 3.80. The van der Waals surface area contributed by atoms with Crippen molar-refractivity contribution in [2.24, 2.45) is 0 Å². The summed E-state index contributed by atoms with van der Waals surface area (Å²) in [7, 11) is 1.28. The van der Waals surface area contributed by atoms with Crippen molar-refractivity contribution in [2.75, 3.05) is 23.9 Å². The molecule has 0 radical (unpaired) electrons. The van der Waals surface area contributed by atoms with Gasteiger partial charge in [-0.25, -0.2) is 4.79 Å². The summed E-state index contributed by atoms with van der Waals surface area (Å²) < 4.78 is 4.65. The van der Waals surface area contributed by atoms with E-state index in [2.05, 4.69) is 10.1 Å². The molecule has 0 unspecified atom stereocenters. The molecule has 2 rings (SSSR count). The van der Waals surface area contributed by atoms with Crippen LogP contribution in [-0.4, -0.2) is 31.4 Å². The van der Waals surface area contributed by atoms with Crippen molar-refractivity contribution in [1.82, 2.24) is 0 Å². The monoisotopic (exact) mass is 365 g/mol. The van der Waals surface area contributed by atoms with Crippen LogP contribution < -0.4 is 10.2 Å². The Bertz CT molecular complexity index is 902. The van der Waals surface area contributed by atoms with Gasteiger partial charge in [-0.2, -0.15) is 5.26 Å². The second-order valence-electron chi connectivity index (χ2n) is 5.70. The lowest BCUT2D eigenvalue weighted by Crippen LogP contribution is -2.32. The average Bonchev–Trinajstić information content (AvgIpc) is 2.67. The van der Waals surface area contributed by atoms with E-state index >= 15 is 0 Å². The van der Waals surface area contributed by atoms with Crippen LogP contribution in [0.4, 0.5) is 11.4 Å². The second kappa shape index (κ2) is 9.15. The van der Waals surface area contributed by atoms with Crippen molar-refractivity contribution >= 4 is 29.2 Å². The normalized spacial score (nSPS) is 9.81. The lowest BCUT2D eigenvalue weighted by atomic mass is 10.2. The molecular formula is C20H19N3O4. The highest BCUT2D eigenvalue weighted by Gasteiger charge is 2.14. The Hall–Kier alpha value is -3.66. The van der Waals surface area contributed by atoms with Gasteiger partial charge < -0.3 is 15.0 Å². The molecule has 138 valence electrons. The molecule has 1 N–H and O–H groups in total. The summed E-state index contributed by atoms with van der Waals surface area (Å²) in [5.74, 6) is -1.03. The molecule has 0 aliphatic heterocycles. The number of esters is 1. The summed E-state index contributed by atoms with van der Waals surface area (Å²) in [5.41, 5.74) is 1.78. The number of nitrogens with zero attached hydrogens (tertiary/aromatic N) is 2. The van der Waals surface area contributed by atoms with E-state index in [9.17, 15) is 14.4 Å². The Morgan fingerprint density at radius 1 is 1.15 bits per heavy atom. The smallest absolute Gasteiger partial charge is 0.337 e. The molecule has 0 saturated heterocycles. The van der Waals surface area contributed by atoms with Crippen LogP contribution in [0.15, 0.2) is 48.5 Å². The van der Waals surface area contributed by atoms with Gasteiger partial charge in [0.1, 0.15) is 0 Å². The number of methoxy groups -OCH3 is 1. The van der Waals surface area contributed by atoms with Crippen molar-refractivity contribution in [1.29, 1.82) is 5.26 Å². The van der Waals surface area contributed by atoms with Crippen molar-refractivity contribution in [3.8, 4) is 6.07 Å². The van der Waals surface area contributed by atoms with Crippen LogP contribution in [0.2, 0.25) is 0 Å². The molecule has 0 aliphatic carbocycles. The first-order chi connectivity index (χ1) is 12.9. The van der Waals surface area contributed by atoms with Crippen molar-refractivity contribution in [3.05, 3.63) is 59.7 Å². The van der Waals surface area contributed by atoms with Crippen molar-refractivity contribution < 1.29 is 19.1 Å². The molecule has 7 nitrogen and oxygen atoms in total. The SMILES string of the molecule is COC(=O)c1cccc(NC(=O)CCN(C(C)=O)c2cccc(C#N)c2)c1. The fraction of sp³-hybridized carbons (Fsp3) is 0.200. The maximum atomic E-state index is 12.2. The Morgan fingerprint density at radius 2 is 1.89 bits per heavy atom. The number of anilines is 2. The predicted octanol–water partition coefficient (Wildman–Crippen LogP) is 2.73. The molecule has 2 amide bonds. The Labute approximate surface area is 157 Å². The first-order valence-electron chi connectivity index (χ1n) is 8.21. The minimum absolute atomic E-state index is 0.0544. The average molecular weight is 365 g/mol. The molecule has 0 atom stereocenters. The van der Waals surface area contributed by atoms with Crippen LogP contribution in [0.5, 0.6) is 0 Å². The van der Waals surface area contributed by atoms with E-state index in [1.807, 2.05) is 6.07 Å². The van der Waals surface area contributed by atoms with Crippen LogP contribution in [0.1, 0.15) is 29.3 Å². The Kier molecular flexibility index (Phi) is 6.67. The summed E-state index contributed by atoms with van der Waals surface area (Å²) in [4.78, 5) is 37.1. The molecule has 0 saturated carbocycles. The van der Waals surface area contributed by atoms with Gasteiger partial charge in [0.05, 0.1) is 24.3 Å². The standard InChI is InChI=1S/C20H19N3O4/c1-14(24)23(18-8-3-5-15(11-18)13-21)10-9-19(25)22-17-7-4-6-16(12-17)20(26)27-2/h3-8,11-12H,9-10H2,1-2H3,(H,22,25). The van der Waals surface area contributed by atoms with E-state index in [0.717, 1.165) is 0 Å². The zero-order valence-electron chi connectivity index (χ0n) is 15.1. The number of hydrogen-bond donors (Lipinski definition) is 1. The maximum Gasteiger partial charge on any atom is 0.337 e. The van der Waals surface area contributed by atoms with Gasteiger partial charge in [-0.1, -0.05) is 12.1 Å². The summed E-state index contributed by atoms with van der Waals surface area (Å²) >= 11 is 0. The van der Waals surface area contributed by atoms with Crippen LogP contribution in [0, 0.1) is 11.3 Å². The molecule has 0 fully saturated rings. The first-order valence-corrected chi connectivity index (χ1v) is 8.21. The quantitative estimate of drug-likeness (QED) is 0.794. The highest BCUT2D eigenvalue weighted by Crippen LogP contribution is 2.17. The molecular weight excluding hydrogens is 346 g/mol. The van der Waals surface area contributed by atoms with Gasteiger partial charge in [-0.3, -0.25) is 9.59 Å². The largest absolute Gasteiger partial charge is 0.465 e. The number of ether oxygens (including phenoxy) is 1. The number of benzene rings is 2. The fourth-order valence-corrected chi connectivity index (χ4v) is 2.49. The number of hydrogen-bond acceptors (Lipinski definition) is 5. The van der Waals surface area contributed by atoms with E-state index in [4.69, 9.17) is 5.26 Å². The van der Waals surface area contributed by atoms with Gasteiger partial charge in [-0.15, -0.1) is 0 Å². The van der Waals surface area contributed by atoms with Crippen LogP contribution in [0.3, 0.4) is 0 Å². The molecule has 2 aromatic carbocycles. The van der Waals surface area contributed by atoms with E-state index in [0.29, 0.717) is 22.5 Å². The number of carbonyl (C=O) groups is 3. The second-order valence-corrected chi connectivity index (χ2v) is 5.70. The summed E-state index contributed by atoms with van der Waals surface area (Å²) in [6, 6.07) is 15.0. The van der Waals surface area contributed by atoms with E-state index in [1.165, 1.54) is 25.0 Å². The molecule has 27 heavy (non-hydrogen) atoms. The molecule has 0 heterocycles. The highest BCUT2D eigenvalue weighted by atomic mass is 16.5. The zero-order chi connectivity index (χ0) is 19.8. The number of amides is 2. The summed E-state index contributed by atoms with van der Waals surface area (Å²) in [6.45, 7) is 1.56. The molecule has 0 aromatic heterocycles. The topological polar surface area (TPSA) is 99.5 Å². The third kappa shape index (κ3) is 5.41. The van der Waals surface area contributed by atoms with E-state index in [-0.39, 0.29) is 24.8 Å². The lowest BCUT2D eigenvalue weighted by Gasteiger charge is -2.21. The fourth-order valence-electron chi connectivity index (χ4n) is 2.49. The van der Waals surface area contributed by atoms with Gasteiger partial charge in [-0.05, 0) is 36.4 Å². The number of rotatable bonds is 6. The molecule has 7 heteroatoms. The van der Waals surface area contributed by atoms with Crippen molar-refractivity contribution in [3.63, 3.8) is 0 Å². The summed E-state index contributed by atoms with van der Waals surface area (Å²) in [5, 5.41) is 11.7. The number of carbonyl (C=O) groups excluding carboxylic acids is 3. The lowest BCUT2D eigenvalue weighted by molar-refractivity contribution is -0.117. The van der Waals surface area contributed by atoms with Gasteiger partial charge in [0.2, 0.25) is 11.8 Å². The van der Waals surface area contributed by atoms with E-state index in [1.54, 1.807) is 42.5 Å². The third-order valence-corrected chi connectivity index (χ3v) is 3.80. The maximum absolute atomic E-state index is 12.2. The zero-order valence-corrected chi connectivity index (χ0v) is 15.1. The van der Waals surface area contributed by atoms with Crippen LogP contribution in [0.25, 0.3) is 0 Å². The minimum atomic E-state index is -0.494. The van der Waals surface area contributed by atoms with Crippen LogP contribution >= 0.6 is 0 Å². The van der Waals surface area contributed by atoms with Crippen LogP contribution in [-0.2, 0) is 14.3 Å². The Morgan fingerprint density at radius 3 is 2.56 bits per heavy atom. The van der Waals surface area contributed by atoms with Gasteiger partial charge in [0.15, 0.2) is 0 Å². The molecule has 2 aromatic rings. The Balaban J connectivity index is 2.03. The van der Waals surface area contributed by atoms with E-state index < -0.39 is 5.97 Å². The first kappa shape index (κ1) is 19.7. The molecule has 0 aliphatic rings. The van der Waals surface area contributed by atoms with Gasteiger partial charge >= 0.3 is 5.97 Å². The van der Waals surface area contributed by atoms with Gasteiger partial charge in [0.25, 0.3) is 0 Å². The summed E-state index contributed by atoms with van der Waals surface area (Å²) in [6.07, 6.45) is 0.0544. The number of nitriles is 1. The molecule has 0 bridgehead atoms. The number of nitrogens with one attached hydrogen (secondary N) is 1. The van der Waals surface area contributed by atoms with Crippen molar-refractivity contribution in [2.45, 2.75) is 13.3 Å². The van der Waals surface area contributed by atoms with Gasteiger partial charge in [0, 0.05) is 31.3 Å². The predicted molar refractivity (Wildman–Crippen MR) is 100 cm³/mol. The molecule has 0 spiro atoms. The minimum Gasteiger partial charge on any atom is -0.465 e.